The molecule has 0 aliphatic carbocycles. The van der Waals surface area contributed by atoms with Gasteiger partial charge in [0.05, 0.1) is 11.8 Å². The molecule has 3 rings (SSSR count). The van der Waals surface area contributed by atoms with Gasteiger partial charge < -0.3 is 10.0 Å². The fraction of sp³-hybridized carbons (Fsp3) is 0.385. The van der Waals surface area contributed by atoms with Crippen LogP contribution < -0.4 is 0 Å². The average molecular weight is 273 g/mol. The van der Waals surface area contributed by atoms with Gasteiger partial charge >= 0.3 is 0 Å². The Hall–Kier alpha value is -2.28. The Morgan fingerprint density at radius 3 is 2.75 bits per heavy atom. The standard InChI is InChI=1S/C13H15N5O2/c19-12-2-1-7-17(8-12)13(20)10-3-5-11(6-4-10)18-9-14-15-16-18/h3-6,9,12,19H,1-2,7-8H2. The first-order valence-corrected chi connectivity index (χ1v) is 6.55. The number of nitrogens with zero attached hydrogens (tertiary/aromatic N) is 5. The van der Waals surface area contributed by atoms with Crippen molar-refractivity contribution in [2.75, 3.05) is 13.1 Å². The number of tetrazole rings is 1. The van der Waals surface area contributed by atoms with Crippen LogP contribution in [-0.4, -0.2) is 55.3 Å². The van der Waals surface area contributed by atoms with E-state index < -0.39 is 6.10 Å². The maximum atomic E-state index is 12.3. The highest BCUT2D eigenvalue weighted by molar-refractivity contribution is 5.94. The van der Waals surface area contributed by atoms with E-state index in [0.717, 1.165) is 18.5 Å². The maximum absolute atomic E-state index is 12.3. The molecule has 1 fully saturated rings. The Morgan fingerprint density at radius 1 is 1.30 bits per heavy atom. The summed E-state index contributed by atoms with van der Waals surface area (Å²) in [6.45, 7) is 1.11. The number of rotatable bonds is 2. The van der Waals surface area contributed by atoms with Gasteiger partial charge in [0.15, 0.2) is 0 Å². The number of β-amino-alcohol motifs (C(OH)–C–C–N with tert-alkyl or cyclic N) is 1. The van der Waals surface area contributed by atoms with Crippen molar-refractivity contribution >= 4 is 5.91 Å². The molecule has 1 aliphatic heterocycles. The molecule has 2 heterocycles. The highest BCUT2D eigenvalue weighted by Crippen LogP contribution is 2.15. The lowest BCUT2D eigenvalue weighted by atomic mass is 10.1. The third-order valence-corrected chi connectivity index (χ3v) is 3.41. The zero-order chi connectivity index (χ0) is 13.9. The van der Waals surface area contributed by atoms with Gasteiger partial charge in [-0.2, -0.15) is 0 Å². The number of piperidine rings is 1. The van der Waals surface area contributed by atoms with Gasteiger partial charge in [-0.1, -0.05) is 0 Å². The lowest BCUT2D eigenvalue weighted by Gasteiger charge is -2.30. The number of hydrogen-bond acceptors (Lipinski definition) is 5. The molecule has 20 heavy (non-hydrogen) atoms. The van der Waals surface area contributed by atoms with Crippen LogP contribution in [0.1, 0.15) is 23.2 Å². The summed E-state index contributed by atoms with van der Waals surface area (Å²) in [4.78, 5) is 14.0. The Morgan fingerprint density at radius 2 is 2.10 bits per heavy atom. The van der Waals surface area contributed by atoms with Gasteiger partial charge in [-0.05, 0) is 47.5 Å². The highest BCUT2D eigenvalue weighted by Gasteiger charge is 2.22. The summed E-state index contributed by atoms with van der Waals surface area (Å²) in [5.74, 6) is -0.0491. The normalized spacial score (nSPS) is 19.1. The Labute approximate surface area is 115 Å². The maximum Gasteiger partial charge on any atom is 0.253 e. The fourth-order valence-electron chi connectivity index (χ4n) is 2.36. The Kier molecular flexibility index (Phi) is 3.42. The van der Waals surface area contributed by atoms with E-state index in [9.17, 15) is 9.90 Å². The predicted octanol–water partition coefficient (Wildman–Crippen LogP) is 0.259. The summed E-state index contributed by atoms with van der Waals surface area (Å²) in [6.07, 6.45) is 2.70. The molecule has 1 aromatic heterocycles. The molecule has 0 radical (unpaired) electrons. The van der Waals surface area contributed by atoms with Crippen LogP contribution in [-0.2, 0) is 0 Å². The van der Waals surface area contributed by atoms with Gasteiger partial charge in [-0.25, -0.2) is 4.68 Å². The van der Waals surface area contributed by atoms with Crippen molar-refractivity contribution in [2.45, 2.75) is 18.9 Å². The molecule has 1 unspecified atom stereocenters. The van der Waals surface area contributed by atoms with Crippen LogP contribution in [0.25, 0.3) is 5.69 Å². The average Bonchev–Trinajstić information content (AvgIpc) is 3.01. The van der Waals surface area contributed by atoms with Crippen molar-refractivity contribution < 1.29 is 9.90 Å². The van der Waals surface area contributed by atoms with E-state index in [2.05, 4.69) is 15.5 Å². The van der Waals surface area contributed by atoms with Crippen LogP contribution in [0.3, 0.4) is 0 Å². The summed E-state index contributed by atoms with van der Waals surface area (Å²) in [5, 5.41) is 20.5. The third kappa shape index (κ3) is 2.53. The van der Waals surface area contributed by atoms with Crippen molar-refractivity contribution in [3.05, 3.63) is 36.2 Å². The number of aromatic nitrogens is 4. The van der Waals surface area contributed by atoms with Gasteiger partial charge in [0, 0.05) is 18.7 Å². The number of benzene rings is 1. The first-order chi connectivity index (χ1) is 9.74. The molecule has 1 amide bonds. The largest absolute Gasteiger partial charge is 0.391 e. The van der Waals surface area contributed by atoms with E-state index >= 15 is 0 Å². The van der Waals surface area contributed by atoms with Crippen LogP contribution >= 0.6 is 0 Å². The minimum atomic E-state index is -0.409. The van der Waals surface area contributed by atoms with Crippen molar-refractivity contribution in [2.24, 2.45) is 0 Å². The molecule has 7 heteroatoms. The Bertz CT molecular complexity index is 581. The number of likely N-dealkylation sites (tertiary alicyclic amines) is 1. The van der Waals surface area contributed by atoms with Crippen LogP contribution in [0.2, 0.25) is 0 Å². The first-order valence-electron chi connectivity index (χ1n) is 6.55. The van der Waals surface area contributed by atoms with E-state index in [1.807, 2.05) is 0 Å². The minimum absolute atomic E-state index is 0.0491. The molecule has 1 aliphatic rings. The molecule has 1 N–H and O–H groups in total. The lowest BCUT2D eigenvalue weighted by Crippen LogP contribution is -2.42. The molecule has 1 saturated heterocycles. The van der Waals surface area contributed by atoms with Gasteiger partial charge in [-0.3, -0.25) is 4.79 Å². The SMILES string of the molecule is O=C(c1ccc(-n2cnnn2)cc1)N1CCCC(O)C1. The molecule has 7 nitrogen and oxygen atoms in total. The van der Waals surface area contributed by atoms with E-state index in [1.165, 1.54) is 11.0 Å². The summed E-state index contributed by atoms with van der Waals surface area (Å²) >= 11 is 0. The topological polar surface area (TPSA) is 84.1 Å². The van der Waals surface area contributed by atoms with Crippen LogP contribution in [0, 0.1) is 0 Å². The second-order valence-electron chi connectivity index (χ2n) is 4.85. The number of carbonyl (C=O) groups is 1. The molecule has 2 aromatic rings. The van der Waals surface area contributed by atoms with Crippen molar-refractivity contribution in [1.29, 1.82) is 0 Å². The van der Waals surface area contributed by atoms with E-state index in [-0.39, 0.29) is 5.91 Å². The zero-order valence-corrected chi connectivity index (χ0v) is 10.9. The second kappa shape index (κ2) is 5.38. The molecular formula is C13H15N5O2. The number of aliphatic hydroxyl groups is 1. The van der Waals surface area contributed by atoms with E-state index in [1.54, 1.807) is 29.2 Å². The monoisotopic (exact) mass is 273 g/mol. The zero-order valence-electron chi connectivity index (χ0n) is 10.9. The summed E-state index contributed by atoms with van der Waals surface area (Å²) in [7, 11) is 0. The first kappa shape index (κ1) is 12.7. The van der Waals surface area contributed by atoms with Gasteiger partial charge in [0.2, 0.25) is 0 Å². The highest BCUT2D eigenvalue weighted by atomic mass is 16.3. The van der Waals surface area contributed by atoms with Gasteiger partial charge in [0.25, 0.3) is 5.91 Å². The number of aliphatic hydroxyl groups excluding tert-OH is 1. The Balaban J connectivity index is 1.75. The molecule has 1 aromatic carbocycles. The quantitative estimate of drug-likeness (QED) is 0.848. The van der Waals surface area contributed by atoms with Crippen molar-refractivity contribution in [3.63, 3.8) is 0 Å². The number of amides is 1. The third-order valence-electron chi connectivity index (χ3n) is 3.41. The van der Waals surface area contributed by atoms with Crippen LogP contribution in [0.4, 0.5) is 0 Å². The number of hydrogen-bond donors (Lipinski definition) is 1. The summed E-state index contributed by atoms with van der Waals surface area (Å²) < 4.78 is 1.53. The van der Waals surface area contributed by atoms with Gasteiger partial charge in [0.1, 0.15) is 6.33 Å². The second-order valence-corrected chi connectivity index (χ2v) is 4.85. The van der Waals surface area contributed by atoms with E-state index in [0.29, 0.717) is 18.7 Å². The predicted molar refractivity (Wildman–Crippen MR) is 70.3 cm³/mol. The van der Waals surface area contributed by atoms with Gasteiger partial charge in [-0.15, -0.1) is 5.10 Å². The van der Waals surface area contributed by atoms with Crippen molar-refractivity contribution in [1.82, 2.24) is 25.1 Å². The molecule has 1 atom stereocenters. The lowest BCUT2D eigenvalue weighted by molar-refractivity contribution is 0.0474. The van der Waals surface area contributed by atoms with Crippen LogP contribution in [0.15, 0.2) is 30.6 Å². The van der Waals surface area contributed by atoms with Crippen molar-refractivity contribution in [3.8, 4) is 5.69 Å². The fourth-order valence-corrected chi connectivity index (χ4v) is 2.36. The van der Waals surface area contributed by atoms with E-state index in [4.69, 9.17) is 0 Å². The summed E-state index contributed by atoms with van der Waals surface area (Å²) in [6, 6.07) is 7.09. The number of carbonyl (C=O) groups excluding carboxylic acids is 1. The smallest absolute Gasteiger partial charge is 0.253 e. The molecular weight excluding hydrogens is 258 g/mol. The van der Waals surface area contributed by atoms with Crippen LogP contribution in [0.5, 0.6) is 0 Å². The molecule has 104 valence electrons. The minimum Gasteiger partial charge on any atom is -0.391 e. The molecule has 0 spiro atoms. The molecule has 0 bridgehead atoms. The summed E-state index contributed by atoms with van der Waals surface area (Å²) in [5.41, 5.74) is 1.40. The molecule has 0 saturated carbocycles.